The third kappa shape index (κ3) is 2.29. The van der Waals surface area contributed by atoms with Crippen molar-refractivity contribution in [3.63, 3.8) is 0 Å². The van der Waals surface area contributed by atoms with Crippen molar-refractivity contribution in [2.24, 2.45) is 11.8 Å². The van der Waals surface area contributed by atoms with Gasteiger partial charge >= 0.3 is 0 Å². The molecule has 4 atom stereocenters. The Bertz CT molecular complexity index is 181. The molecule has 0 aromatic heterocycles. The molecular formula is C12H24N2. The van der Waals surface area contributed by atoms with Crippen LogP contribution < -0.4 is 10.6 Å². The van der Waals surface area contributed by atoms with Gasteiger partial charge < -0.3 is 10.6 Å². The number of nitrogens with one attached hydrogen (secondary N) is 2. The smallest absolute Gasteiger partial charge is 0.0122 e. The first-order chi connectivity index (χ1) is 6.77. The molecule has 0 bridgehead atoms. The maximum atomic E-state index is 3.73. The fourth-order valence-electron chi connectivity index (χ4n) is 3.20. The molecule has 2 aliphatic rings. The van der Waals surface area contributed by atoms with Crippen LogP contribution in [0.4, 0.5) is 0 Å². The standard InChI is InChI=1S/C12H24N2/c1-9-4-3-6-14-12(9)11-5-7-13-10(2)8-11/h9-14H,3-8H2,1-2H3. The van der Waals surface area contributed by atoms with Gasteiger partial charge in [-0.1, -0.05) is 6.92 Å². The van der Waals surface area contributed by atoms with E-state index in [2.05, 4.69) is 24.5 Å². The largest absolute Gasteiger partial charge is 0.314 e. The summed E-state index contributed by atoms with van der Waals surface area (Å²) in [5, 5.41) is 7.27. The van der Waals surface area contributed by atoms with E-state index in [9.17, 15) is 0 Å². The van der Waals surface area contributed by atoms with Gasteiger partial charge in [-0.15, -0.1) is 0 Å². The molecule has 0 aliphatic carbocycles. The van der Waals surface area contributed by atoms with E-state index in [4.69, 9.17) is 0 Å². The molecule has 2 N–H and O–H groups in total. The molecule has 2 aliphatic heterocycles. The van der Waals surface area contributed by atoms with Crippen LogP contribution in [-0.4, -0.2) is 25.2 Å². The van der Waals surface area contributed by atoms with Crippen LogP contribution in [0.1, 0.15) is 39.5 Å². The van der Waals surface area contributed by atoms with Gasteiger partial charge in [0, 0.05) is 12.1 Å². The molecule has 14 heavy (non-hydrogen) atoms. The molecule has 0 aromatic rings. The minimum Gasteiger partial charge on any atom is -0.314 e. The van der Waals surface area contributed by atoms with Crippen LogP contribution >= 0.6 is 0 Å². The summed E-state index contributed by atoms with van der Waals surface area (Å²) in [6.45, 7) is 7.20. The van der Waals surface area contributed by atoms with Crippen molar-refractivity contribution >= 4 is 0 Å². The monoisotopic (exact) mass is 196 g/mol. The van der Waals surface area contributed by atoms with E-state index >= 15 is 0 Å². The third-order valence-electron chi connectivity index (χ3n) is 4.00. The average molecular weight is 196 g/mol. The Labute approximate surface area is 87.8 Å². The van der Waals surface area contributed by atoms with E-state index in [1.54, 1.807) is 0 Å². The average Bonchev–Trinajstić information content (AvgIpc) is 2.18. The number of rotatable bonds is 1. The topological polar surface area (TPSA) is 24.1 Å². The molecule has 82 valence electrons. The van der Waals surface area contributed by atoms with Gasteiger partial charge in [0.2, 0.25) is 0 Å². The molecule has 2 nitrogen and oxygen atoms in total. The van der Waals surface area contributed by atoms with Gasteiger partial charge in [0.25, 0.3) is 0 Å². The van der Waals surface area contributed by atoms with Crippen LogP contribution in [0.2, 0.25) is 0 Å². The summed E-state index contributed by atoms with van der Waals surface area (Å²) in [5.41, 5.74) is 0. The van der Waals surface area contributed by atoms with Crippen LogP contribution in [0.3, 0.4) is 0 Å². The molecule has 2 rings (SSSR count). The van der Waals surface area contributed by atoms with E-state index in [1.807, 2.05) is 0 Å². The van der Waals surface area contributed by atoms with Crippen molar-refractivity contribution in [2.45, 2.75) is 51.6 Å². The summed E-state index contributed by atoms with van der Waals surface area (Å²) in [6.07, 6.45) is 5.53. The van der Waals surface area contributed by atoms with E-state index in [-0.39, 0.29) is 0 Å². The van der Waals surface area contributed by atoms with E-state index in [1.165, 1.54) is 38.8 Å². The van der Waals surface area contributed by atoms with Gasteiger partial charge in [-0.05, 0) is 57.5 Å². The Kier molecular flexibility index (Phi) is 3.45. The molecule has 2 fully saturated rings. The highest BCUT2D eigenvalue weighted by Gasteiger charge is 2.31. The molecular weight excluding hydrogens is 172 g/mol. The fourth-order valence-corrected chi connectivity index (χ4v) is 3.20. The second-order valence-corrected chi connectivity index (χ2v) is 5.24. The van der Waals surface area contributed by atoms with Crippen molar-refractivity contribution in [1.29, 1.82) is 0 Å². The first-order valence-corrected chi connectivity index (χ1v) is 6.24. The maximum Gasteiger partial charge on any atom is 0.0122 e. The molecule has 0 saturated carbocycles. The van der Waals surface area contributed by atoms with E-state index in [0.29, 0.717) is 0 Å². The summed E-state index contributed by atoms with van der Waals surface area (Å²) in [4.78, 5) is 0. The lowest BCUT2D eigenvalue weighted by Crippen LogP contribution is -2.50. The quantitative estimate of drug-likeness (QED) is 0.668. The zero-order valence-corrected chi connectivity index (χ0v) is 9.55. The summed E-state index contributed by atoms with van der Waals surface area (Å²) < 4.78 is 0. The van der Waals surface area contributed by atoms with Crippen molar-refractivity contribution in [1.82, 2.24) is 10.6 Å². The minimum atomic E-state index is 0.727. The zero-order valence-electron chi connectivity index (χ0n) is 9.55. The first kappa shape index (κ1) is 10.4. The van der Waals surface area contributed by atoms with Crippen molar-refractivity contribution < 1.29 is 0 Å². The van der Waals surface area contributed by atoms with Gasteiger partial charge in [-0.3, -0.25) is 0 Å². The highest BCUT2D eigenvalue weighted by atomic mass is 15.0. The fraction of sp³-hybridized carbons (Fsp3) is 1.00. The lowest BCUT2D eigenvalue weighted by Gasteiger charge is -2.40. The molecule has 0 radical (unpaired) electrons. The first-order valence-electron chi connectivity index (χ1n) is 6.24. The Hall–Kier alpha value is -0.0800. The summed E-state index contributed by atoms with van der Waals surface area (Å²) >= 11 is 0. The van der Waals surface area contributed by atoms with Gasteiger partial charge in [-0.25, -0.2) is 0 Å². The van der Waals surface area contributed by atoms with Crippen molar-refractivity contribution in [2.75, 3.05) is 13.1 Å². The second kappa shape index (κ2) is 4.63. The Morgan fingerprint density at radius 1 is 1.00 bits per heavy atom. The zero-order chi connectivity index (χ0) is 9.97. The molecule has 0 spiro atoms. The van der Waals surface area contributed by atoms with Crippen molar-refractivity contribution in [3.8, 4) is 0 Å². The maximum absolute atomic E-state index is 3.73. The predicted octanol–water partition coefficient (Wildman–Crippen LogP) is 1.76. The normalized spacial score (nSPS) is 45.0. The predicted molar refractivity (Wildman–Crippen MR) is 60.4 cm³/mol. The second-order valence-electron chi connectivity index (χ2n) is 5.24. The lowest BCUT2D eigenvalue weighted by atomic mass is 9.78. The molecule has 2 saturated heterocycles. The van der Waals surface area contributed by atoms with Crippen LogP contribution in [0, 0.1) is 11.8 Å². The van der Waals surface area contributed by atoms with E-state index < -0.39 is 0 Å². The minimum absolute atomic E-state index is 0.727. The van der Waals surface area contributed by atoms with E-state index in [0.717, 1.165) is 23.9 Å². The van der Waals surface area contributed by atoms with Crippen molar-refractivity contribution in [3.05, 3.63) is 0 Å². The molecule has 2 heteroatoms. The van der Waals surface area contributed by atoms with Gasteiger partial charge in [-0.2, -0.15) is 0 Å². The molecule has 2 heterocycles. The molecule has 0 aromatic carbocycles. The number of hydrogen-bond acceptors (Lipinski definition) is 2. The van der Waals surface area contributed by atoms with Gasteiger partial charge in [0.1, 0.15) is 0 Å². The Morgan fingerprint density at radius 3 is 2.57 bits per heavy atom. The summed E-state index contributed by atoms with van der Waals surface area (Å²) in [5.74, 6) is 1.81. The number of hydrogen-bond donors (Lipinski definition) is 2. The Balaban J connectivity index is 1.91. The summed E-state index contributed by atoms with van der Waals surface area (Å²) in [7, 11) is 0. The SMILES string of the molecule is CC1CC(C2NCCCC2C)CCN1. The number of piperidine rings is 2. The van der Waals surface area contributed by atoms with Crippen LogP contribution in [0.15, 0.2) is 0 Å². The highest BCUT2D eigenvalue weighted by Crippen LogP contribution is 2.28. The summed E-state index contributed by atoms with van der Waals surface area (Å²) in [6, 6.07) is 1.53. The van der Waals surface area contributed by atoms with Gasteiger partial charge in [0.15, 0.2) is 0 Å². The lowest BCUT2D eigenvalue weighted by molar-refractivity contribution is 0.172. The molecule has 0 amide bonds. The van der Waals surface area contributed by atoms with Crippen LogP contribution in [-0.2, 0) is 0 Å². The highest BCUT2D eigenvalue weighted by molar-refractivity contribution is 4.88. The van der Waals surface area contributed by atoms with Crippen LogP contribution in [0.5, 0.6) is 0 Å². The third-order valence-corrected chi connectivity index (χ3v) is 4.00. The van der Waals surface area contributed by atoms with Crippen LogP contribution in [0.25, 0.3) is 0 Å². The molecule has 4 unspecified atom stereocenters. The Morgan fingerprint density at radius 2 is 1.86 bits per heavy atom. The van der Waals surface area contributed by atoms with Gasteiger partial charge in [0.05, 0.1) is 0 Å².